The smallest absolute Gasteiger partial charge is 0.304 e. The second-order valence-electron chi connectivity index (χ2n) is 5.54. The number of halogens is 1. The number of hydrogen-bond donors (Lipinski definition) is 1. The molecule has 6 nitrogen and oxygen atoms in total. The SMILES string of the molecule is CN(C)S(=O)(=O)N(CC(=O)NCc1ccccc1)c1ccc(F)cc1. The molecule has 0 radical (unpaired) electrons. The fourth-order valence-electron chi connectivity index (χ4n) is 2.09. The maximum absolute atomic E-state index is 13.1. The average molecular weight is 365 g/mol. The van der Waals surface area contributed by atoms with Crippen LogP contribution in [0.2, 0.25) is 0 Å². The molecule has 0 spiro atoms. The van der Waals surface area contributed by atoms with Crippen molar-refractivity contribution in [1.82, 2.24) is 9.62 Å². The second kappa shape index (κ2) is 8.09. The van der Waals surface area contributed by atoms with Crippen LogP contribution in [0.4, 0.5) is 10.1 Å². The summed E-state index contributed by atoms with van der Waals surface area (Å²) < 4.78 is 40.1. The van der Waals surface area contributed by atoms with E-state index in [9.17, 15) is 17.6 Å². The lowest BCUT2D eigenvalue weighted by atomic mass is 10.2. The van der Waals surface area contributed by atoms with Crippen LogP contribution in [0, 0.1) is 5.82 Å². The molecule has 0 aliphatic carbocycles. The lowest BCUT2D eigenvalue weighted by Crippen LogP contribution is -2.45. The third-order valence-electron chi connectivity index (χ3n) is 3.47. The Morgan fingerprint density at radius 2 is 1.64 bits per heavy atom. The number of rotatable bonds is 7. The Labute approximate surface area is 147 Å². The van der Waals surface area contributed by atoms with E-state index in [0.717, 1.165) is 26.3 Å². The number of benzene rings is 2. The van der Waals surface area contributed by atoms with Crippen molar-refractivity contribution in [3.8, 4) is 0 Å². The lowest BCUT2D eigenvalue weighted by molar-refractivity contribution is -0.119. The van der Waals surface area contributed by atoms with Gasteiger partial charge in [-0.1, -0.05) is 30.3 Å². The first-order chi connectivity index (χ1) is 11.8. The van der Waals surface area contributed by atoms with Crippen molar-refractivity contribution >= 4 is 21.8 Å². The highest BCUT2D eigenvalue weighted by atomic mass is 32.2. The number of amides is 1. The third kappa shape index (κ3) is 5.01. The van der Waals surface area contributed by atoms with E-state index in [1.165, 1.54) is 26.2 Å². The predicted octanol–water partition coefficient (Wildman–Crippen LogP) is 1.75. The van der Waals surface area contributed by atoms with Gasteiger partial charge in [0, 0.05) is 20.6 Å². The van der Waals surface area contributed by atoms with Gasteiger partial charge in [-0.25, -0.2) is 8.70 Å². The highest BCUT2D eigenvalue weighted by Gasteiger charge is 2.27. The van der Waals surface area contributed by atoms with Crippen LogP contribution >= 0.6 is 0 Å². The summed E-state index contributed by atoms with van der Waals surface area (Å²) in [5.74, 6) is -0.946. The zero-order chi connectivity index (χ0) is 18.4. The van der Waals surface area contributed by atoms with Crippen molar-refractivity contribution in [3.63, 3.8) is 0 Å². The number of hydrogen-bond acceptors (Lipinski definition) is 3. The minimum absolute atomic E-state index is 0.213. The topological polar surface area (TPSA) is 69.7 Å². The second-order valence-corrected chi connectivity index (χ2v) is 7.60. The molecule has 2 aromatic carbocycles. The van der Waals surface area contributed by atoms with Crippen molar-refractivity contribution in [1.29, 1.82) is 0 Å². The molecule has 1 amide bonds. The maximum Gasteiger partial charge on any atom is 0.304 e. The van der Waals surface area contributed by atoms with Gasteiger partial charge in [0.25, 0.3) is 0 Å². The molecule has 0 aliphatic heterocycles. The van der Waals surface area contributed by atoms with Crippen molar-refractivity contribution in [2.24, 2.45) is 0 Å². The van der Waals surface area contributed by atoms with E-state index in [4.69, 9.17) is 0 Å². The van der Waals surface area contributed by atoms with Gasteiger partial charge in [0.05, 0.1) is 5.69 Å². The van der Waals surface area contributed by atoms with Crippen molar-refractivity contribution in [2.45, 2.75) is 6.54 Å². The zero-order valence-corrected chi connectivity index (χ0v) is 14.8. The lowest BCUT2D eigenvalue weighted by Gasteiger charge is -2.26. The molecule has 8 heteroatoms. The van der Waals surface area contributed by atoms with E-state index >= 15 is 0 Å². The number of nitrogens with zero attached hydrogens (tertiary/aromatic N) is 2. The van der Waals surface area contributed by atoms with Crippen LogP contribution in [-0.4, -0.2) is 39.3 Å². The van der Waals surface area contributed by atoms with Gasteiger partial charge in [0.1, 0.15) is 12.4 Å². The molecule has 0 fully saturated rings. The highest BCUT2D eigenvalue weighted by Crippen LogP contribution is 2.19. The number of carbonyl (C=O) groups is 1. The van der Waals surface area contributed by atoms with Gasteiger partial charge in [0.2, 0.25) is 5.91 Å². The Morgan fingerprint density at radius 3 is 2.20 bits per heavy atom. The van der Waals surface area contributed by atoms with Gasteiger partial charge in [-0.2, -0.15) is 12.7 Å². The van der Waals surface area contributed by atoms with Crippen molar-refractivity contribution < 1.29 is 17.6 Å². The van der Waals surface area contributed by atoms with Gasteiger partial charge < -0.3 is 5.32 Å². The van der Waals surface area contributed by atoms with Crippen LogP contribution in [0.25, 0.3) is 0 Å². The van der Waals surface area contributed by atoms with E-state index in [-0.39, 0.29) is 5.69 Å². The molecule has 0 heterocycles. The Morgan fingerprint density at radius 1 is 1.04 bits per heavy atom. The van der Waals surface area contributed by atoms with Gasteiger partial charge in [-0.3, -0.25) is 4.79 Å². The Balaban J connectivity index is 2.15. The molecule has 2 rings (SSSR count). The normalized spacial score (nSPS) is 11.4. The van der Waals surface area contributed by atoms with Gasteiger partial charge in [0.15, 0.2) is 0 Å². The first-order valence-corrected chi connectivity index (χ1v) is 8.97. The van der Waals surface area contributed by atoms with E-state index in [1.54, 1.807) is 0 Å². The molecule has 0 atom stereocenters. The summed E-state index contributed by atoms with van der Waals surface area (Å²) in [6.07, 6.45) is 0. The minimum Gasteiger partial charge on any atom is -0.350 e. The Hall–Kier alpha value is -2.45. The zero-order valence-electron chi connectivity index (χ0n) is 14.0. The number of nitrogens with one attached hydrogen (secondary N) is 1. The summed E-state index contributed by atoms with van der Waals surface area (Å²) in [6, 6.07) is 14.2. The molecule has 2 aromatic rings. The molecule has 1 N–H and O–H groups in total. The fraction of sp³-hybridized carbons (Fsp3) is 0.235. The van der Waals surface area contributed by atoms with Gasteiger partial charge in [-0.15, -0.1) is 0 Å². The monoisotopic (exact) mass is 365 g/mol. The molecule has 25 heavy (non-hydrogen) atoms. The van der Waals surface area contributed by atoms with Crippen LogP contribution in [0.15, 0.2) is 54.6 Å². The van der Waals surface area contributed by atoms with Crippen LogP contribution in [-0.2, 0) is 21.5 Å². The van der Waals surface area contributed by atoms with E-state index in [0.29, 0.717) is 6.54 Å². The van der Waals surface area contributed by atoms with Crippen molar-refractivity contribution in [3.05, 3.63) is 66.0 Å². The van der Waals surface area contributed by atoms with Crippen LogP contribution in [0.1, 0.15) is 5.56 Å². The average Bonchev–Trinajstić information content (AvgIpc) is 2.59. The van der Waals surface area contributed by atoms with E-state index in [1.807, 2.05) is 30.3 Å². The summed E-state index contributed by atoms with van der Waals surface area (Å²) in [4.78, 5) is 12.2. The molecular weight excluding hydrogens is 345 g/mol. The van der Waals surface area contributed by atoms with E-state index in [2.05, 4.69) is 5.32 Å². The Bertz CT molecular complexity index is 809. The quantitative estimate of drug-likeness (QED) is 0.813. The molecule has 0 aromatic heterocycles. The molecule has 0 aliphatic rings. The minimum atomic E-state index is -3.90. The molecule has 0 unspecified atom stereocenters. The van der Waals surface area contributed by atoms with Crippen LogP contribution in [0.5, 0.6) is 0 Å². The van der Waals surface area contributed by atoms with Crippen molar-refractivity contribution in [2.75, 3.05) is 24.9 Å². The molecule has 0 saturated carbocycles. The molecule has 0 bridgehead atoms. The fourth-order valence-corrected chi connectivity index (χ4v) is 3.16. The largest absolute Gasteiger partial charge is 0.350 e. The summed E-state index contributed by atoms with van der Waals surface area (Å²) in [5, 5.41) is 2.68. The number of carbonyl (C=O) groups excluding carboxylic acids is 1. The first kappa shape index (κ1) is 18.9. The predicted molar refractivity (Wildman–Crippen MR) is 94.6 cm³/mol. The standard InChI is InChI=1S/C17H20FN3O3S/c1-20(2)25(23,24)21(16-10-8-15(18)9-11-16)13-17(22)19-12-14-6-4-3-5-7-14/h3-11H,12-13H2,1-2H3,(H,19,22). The summed E-state index contributed by atoms with van der Waals surface area (Å²) >= 11 is 0. The first-order valence-electron chi connectivity index (χ1n) is 7.57. The van der Waals surface area contributed by atoms with Crippen LogP contribution < -0.4 is 9.62 Å². The highest BCUT2D eigenvalue weighted by molar-refractivity contribution is 7.90. The third-order valence-corrected chi connectivity index (χ3v) is 5.29. The summed E-state index contributed by atoms with van der Waals surface area (Å²) in [5.41, 5.74) is 1.12. The van der Waals surface area contributed by atoms with Crippen LogP contribution in [0.3, 0.4) is 0 Å². The maximum atomic E-state index is 13.1. The van der Waals surface area contributed by atoms with Gasteiger partial charge >= 0.3 is 10.2 Å². The summed E-state index contributed by atoms with van der Waals surface area (Å²) in [6.45, 7) is -0.113. The van der Waals surface area contributed by atoms with E-state index < -0.39 is 28.5 Å². The Kier molecular flexibility index (Phi) is 6.11. The molecule has 134 valence electrons. The molecular formula is C17H20FN3O3S. The van der Waals surface area contributed by atoms with Gasteiger partial charge in [-0.05, 0) is 29.8 Å². The number of anilines is 1. The molecule has 0 saturated heterocycles. The summed E-state index contributed by atoms with van der Waals surface area (Å²) in [7, 11) is -1.16.